The molecule has 0 spiro atoms. The van der Waals surface area contributed by atoms with E-state index >= 15 is 0 Å². The van der Waals surface area contributed by atoms with E-state index in [0.717, 1.165) is 6.42 Å². The van der Waals surface area contributed by atoms with Crippen LogP contribution in [0.4, 0.5) is 0 Å². The van der Waals surface area contributed by atoms with Gasteiger partial charge in [-0.3, -0.25) is 6.08 Å². The molecule has 0 amide bonds. The van der Waals surface area contributed by atoms with Gasteiger partial charge >= 0.3 is 25.8 Å². The molecule has 0 saturated carbocycles. The Labute approximate surface area is 181 Å². The number of allylic oxidation sites excluding steroid dienone is 2. The van der Waals surface area contributed by atoms with Gasteiger partial charge in [-0.25, -0.2) is 5.57 Å². The van der Waals surface area contributed by atoms with Gasteiger partial charge in [0.15, 0.2) is 0 Å². The molecule has 0 aromatic heterocycles. The van der Waals surface area contributed by atoms with Crippen LogP contribution in [-0.4, -0.2) is 0 Å². The first-order valence-corrected chi connectivity index (χ1v) is 8.82. The Kier molecular flexibility index (Phi) is 9.61. The summed E-state index contributed by atoms with van der Waals surface area (Å²) < 4.78 is 0. The number of hydrogen-bond donors (Lipinski definition) is 0. The van der Waals surface area contributed by atoms with E-state index in [4.69, 9.17) is 0 Å². The first-order chi connectivity index (χ1) is 10.9. The van der Waals surface area contributed by atoms with E-state index in [0.29, 0.717) is 0 Å². The molecule has 1 heteroatoms. The van der Waals surface area contributed by atoms with Gasteiger partial charge in [-0.05, 0) is 19.3 Å². The minimum absolute atomic E-state index is 0. The summed E-state index contributed by atoms with van der Waals surface area (Å²) in [6.45, 7) is 13.2. The van der Waals surface area contributed by atoms with E-state index in [1.165, 1.54) is 63.8 Å². The maximum absolute atomic E-state index is 3.43. The minimum atomic E-state index is 0. The number of fused-ring (bicyclic) bond motifs is 3. The summed E-state index contributed by atoms with van der Waals surface area (Å²) in [5.74, 6) is 0. The van der Waals surface area contributed by atoms with Crippen LogP contribution in [0.2, 0.25) is 0 Å². The summed E-state index contributed by atoms with van der Waals surface area (Å²) in [6.07, 6.45) is 8.39. The molecule has 0 saturated heterocycles. The first kappa shape index (κ1) is 25.2. The summed E-state index contributed by atoms with van der Waals surface area (Å²) >= 11 is 0. The fourth-order valence-electron chi connectivity index (χ4n) is 4.05. The van der Waals surface area contributed by atoms with Crippen molar-refractivity contribution >= 4 is 5.57 Å². The maximum Gasteiger partial charge on any atom is 4.00 e. The minimum Gasteiger partial charge on any atom is -0.358 e. The molecule has 0 unspecified atom stereocenters. The second-order valence-corrected chi connectivity index (χ2v) is 7.19. The molecule has 0 aliphatic heterocycles. The second kappa shape index (κ2) is 9.93. The van der Waals surface area contributed by atoms with E-state index in [2.05, 4.69) is 59.8 Å². The molecular weight excluding hydrogens is 479 g/mol. The van der Waals surface area contributed by atoms with Crippen LogP contribution in [0.3, 0.4) is 0 Å². The molecule has 138 valence electrons. The predicted molar refractivity (Wildman–Crippen MR) is 113 cm³/mol. The average molecular weight is 513 g/mol. The van der Waals surface area contributed by atoms with E-state index in [1.54, 1.807) is 11.1 Å². The van der Waals surface area contributed by atoms with Gasteiger partial charge in [0.25, 0.3) is 0 Å². The number of hydrogen-bond acceptors (Lipinski definition) is 0. The molecule has 2 aromatic carbocycles. The molecular formula is C25H34Hf. The largest absolute Gasteiger partial charge is 4.00 e. The van der Waals surface area contributed by atoms with Crippen molar-refractivity contribution in [3.63, 3.8) is 0 Å². The summed E-state index contributed by atoms with van der Waals surface area (Å²) in [6, 6.07) is 4.62. The van der Waals surface area contributed by atoms with E-state index in [1.807, 2.05) is 0 Å². The van der Waals surface area contributed by atoms with Crippen LogP contribution >= 0.6 is 0 Å². The molecule has 26 heavy (non-hydrogen) atoms. The fourth-order valence-corrected chi connectivity index (χ4v) is 4.05. The van der Waals surface area contributed by atoms with E-state index < -0.39 is 0 Å². The fraction of sp³-hybridized carbons (Fsp3) is 0.400. The van der Waals surface area contributed by atoms with Crippen molar-refractivity contribution in [1.29, 1.82) is 0 Å². The molecule has 0 N–H and O–H groups in total. The average Bonchev–Trinajstić information content (AvgIpc) is 3.21. The Balaban J connectivity index is 0.000000445. The molecule has 0 atom stereocenters. The zero-order valence-corrected chi connectivity index (χ0v) is 21.6. The number of benzene rings is 1. The molecule has 0 nitrogen and oxygen atoms in total. The van der Waals surface area contributed by atoms with Crippen molar-refractivity contribution < 1.29 is 25.8 Å². The first-order valence-electron chi connectivity index (χ1n) is 8.82. The van der Waals surface area contributed by atoms with Crippen molar-refractivity contribution in [1.82, 2.24) is 0 Å². The number of aryl methyl sites for hydroxylation is 1. The maximum atomic E-state index is 3.43. The van der Waals surface area contributed by atoms with Crippen LogP contribution in [0.15, 0.2) is 12.1 Å². The molecule has 0 radical (unpaired) electrons. The summed E-state index contributed by atoms with van der Waals surface area (Å²) in [5.41, 5.74) is 15.0. The quantitative estimate of drug-likeness (QED) is 0.269. The van der Waals surface area contributed by atoms with Crippen LogP contribution in [0.5, 0.6) is 0 Å². The Morgan fingerprint density at radius 2 is 1.38 bits per heavy atom. The van der Waals surface area contributed by atoms with Gasteiger partial charge in [0.05, 0.1) is 0 Å². The van der Waals surface area contributed by atoms with Crippen molar-refractivity contribution in [3.05, 3.63) is 83.1 Å². The van der Waals surface area contributed by atoms with Gasteiger partial charge in [-0.2, -0.15) is 33.4 Å². The van der Waals surface area contributed by atoms with Gasteiger partial charge in [0.2, 0.25) is 0 Å². The third-order valence-corrected chi connectivity index (χ3v) is 6.10. The van der Waals surface area contributed by atoms with Crippen LogP contribution in [0.25, 0.3) is 5.57 Å². The third-order valence-electron chi connectivity index (χ3n) is 6.10. The third kappa shape index (κ3) is 4.35. The van der Waals surface area contributed by atoms with Crippen molar-refractivity contribution in [2.75, 3.05) is 0 Å². The zero-order chi connectivity index (χ0) is 16.7. The Bertz CT molecular complexity index is 707. The summed E-state index contributed by atoms with van der Waals surface area (Å²) in [7, 11) is 0. The molecule has 0 bridgehead atoms. The Morgan fingerprint density at radius 1 is 0.846 bits per heavy atom. The Morgan fingerprint density at radius 3 is 1.88 bits per heavy atom. The SMILES string of the molecule is CC1=[C-]Cc2ccc3c(c21)CCC3.Cc1c(C)c(C)[c-](C)c1C.[CH3-].[CH3-].[Hf+4]. The zero-order valence-electron chi connectivity index (χ0n) is 18.0. The Hall–Kier alpha value is -0.820. The molecule has 2 aliphatic carbocycles. The van der Waals surface area contributed by atoms with Crippen LogP contribution in [-0.2, 0) is 45.1 Å². The van der Waals surface area contributed by atoms with Crippen LogP contribution < -0.4 is 0 Å². The number of rotatable bonds is 0. The van der Waals surface area contributed by atoms with Gasteiger partial charge in [0.1, 0.15) is 0 Å². The molecule has 4 rings (SSSR count). The van der Waals surface area contributed by atoms with Gasteiger partial charge < -0.3 is 14.9 Å². The molecule has 2 aromatic rings. The van der Waals surface area contributed by atoms with Crippen molar-refractivity contribution in [2.45, 2.75) is 67.2 Å². The van der Waals surface area contributed by atoms with Gasteiger partial charge in [-0.15, -0.1) is 17.5 Å². The monoisotopic (exact) mass is 514 g/mol. The van der Waals surface area contributed by atoms with Crippen LogP contribution in [0, 0.1) is 55.5 Å². The summed E-state index contributed by atoms with van der Waals surface area (Å²) in [5, 5.41) is 0. The molecule has 0 heterocycles. The second-order valence-electron chi connectivity index (χ2n) is 7.19. The topological polar surface area (TPSA) is 0 Å². The summed E-state index contributed by atoms with van der Waals surface area (Å²) in [4.78, 5) is 0. The van der Waals surface area contributed by atoms with Gasteiger partial charge in [-0.1, -0.05) is 59.2 Å². The standard InChI is InChI=1S/C13H13.C10H15.2CH3.Hf/c1-9-5-6-11-8-7-10-3-2-4-12(10)13(9)11;1-6-7(2)9(4)10(5)8(6)3;;;/h7-8H,2-4,6H2,1H3;1-5H3;2*1H3;/q4*-1;+4. The van der Waals surface area contributed by atoms with Crippen molar-refractivity contribution in [3.8, 4) is 0 Å². The predicted octanol–water partition coefficient (Wildman–Crippen LogP) is 6.78. The van der Waals surface area contributed by atoms with E-state index in [9.17, 15) is 0 Å². The van der Waals surface area contributed by atoms with E-state index in [-0.39, 0.29) is 40.7 Å². The molecule has 0 fully saturated rings. The normalized spacial score (nSPS) is 13.2. The van der Waals surface area contributed by atoms with Crippen molar-refractivity contribution in [2.24, 2.45) is 0 Å². The smallest absolute Gasteiger partial charge is 0.358 e. The molecule has 2 aliphatic rings. The van der Waals surface area contributed by atoms with Gasteiger partial charge in [0, 0.05) is 0 Å². The van der Waals surface area contributed by atoms with Crippen LogP contribution in [0.1, 0.15) is 63.4 Å².